The van der Waals surface area contributed by atoms with E-state index in [4.69, 9.17) is 5.11 Å². The molecule has 1 aliphatic carbocycles. The Bertz CT molecular complexity index is 237. The van der Waals surface area contributed by atoms with Gasteiger partial charge in [0.2, 0.25) is 0 Å². The molecule has 1 saturated carbocycles. The summed E-state index contributed by atoms with van der Waals surface area (Å²) in [4.78, 5) is 10.4. The van der Waals surface area contributed by atoms with E-state index < -0.39 is 30.3 Å². The second-order valence-electron chi connectivity index (χ2n) is 3.31. The summed E-state index contributed by atoms with van der Waals surface area (Å²) in [6.45, 7) is -0.710. The zero-order chi connectivity index (χ0) is 11.0. The third-order valence-electron chi connectivity index (χ3n) is 2.16. The maximum absolute atomic E-state index is 11.8. The molecule has 1 fully saturated rings. The molecule has 0 aromatic carbocycles. The Balaban J connectivity index is 2.53. The van der Waals surface area contributed by atoms with Crippen molar-refractivity contribution in [3.63, 3.8) is 0 Å². The largest absolute Gasteiger partial charge is 0.471 e. The lowest BCUT2D eigenvalue weighted by Crippen LogP contribution is -2.51. The zero-order valence-corrected chi connectivity index (χ0v) is 7.14. The molecular formula is C7H10F3NO3. The monoisotopic (exact) mass is 213 g/mol. The molecule has 0 aliphatic heterocycles. The third kappa shape index (κ3) is 2.36. The van der Waals surface area contributed by atoms with Crippen LogP contribution in [0.5, 0.6) is 0 Å². The minimum absolute atomic E-state index is 0.288. The van der Waals surface area contributed by atoms with Gasteiger partial charge in [0.05, 0.1) is 18.2 Å². The third-order valence-corrected chi connectivity index (χ3v) is 2.16. The van der Waals surface area contributed by atoms with Crippen molar-refractivity contribution in [3.05, 3.63) is 0 Å². The molecule has 0 aromatic heterocycles. The first-order chi connectivity index (χ1) is 6.29. The predicted molar refractivity (Wildman–Crippen MR) is 39.3 cm³/mol. The van der Waals surface area contributed by atoms with Crippen molar-refractivity contribution in [3.8, 4) is 0 Å². The summed E-state index contributed by atoms with van der Waals surface area (Å²) in [6.07, 6.45) is -4.41. The molecule has 0 saturated heterocycles. The fourth-order valence-electron chi connectivity index (χ4n) is 1.07. The molecule has 0 radical (unpaired) electrons. The van der Waals surface area contributed by atoms with E-state index in [-0.39, 0.29) is 12.8 Å². The number of halogens is 3. The highest BCUT2D eigenvalue weighted by Crippen LogP contribution is 2.38. The van der Waals surface area contributed by atoms with Crippen LogP contribution in [0.3, 0.4) is 0 Å². The molecule has 4 nitrogen and oxygen atoms in total. The van der Waals surface area contributed by atoms with E-state index in [1.54, 1.807) is 5.32 Å². The summed E-state index contributed by atoms with van der Waals surface area (Å²) < 4.78 is 35.3. The Kier molecular flexibility index (Phi) is 2.73. The lowest BCUT2D eigenvalue weighted by atomic mass is 10.1. The van der Waals surface area contributed by atoms with Crippen molar-refractivity contribution < 1.29 is 28.2 Å². The highest BCUT2D eigenvalue weighted by atomic mass is 19.4. The fraction of sp³-hybridized carbons (Fsp3) is 0.857. The number of rotatable bonds is 3. The van der Waals surface area contributed by atoms with Gasteiger partial charge in [0.15, 0.2) is 0 Å². The summed E-state index contributed by atoms with van der Waals surface area (Å²) >= 11 is 0. The van der Waals surface area contributed by atoms with Crippen molar-refractivity contribution in [2.75, 3.05) is 6.61 Å². The average Bonchev–Trinajstić information content (AvgIpc) is 2.78. The number of hydrogen-bond acceptors (Lipinski definition) is 3. The van der Waals surface area contributed by atoms with Crippen molar-refractivity contribution in [2.45, 2.75) is 30.7 Å². The highest BCUT2D eigenvalue weighted by molar-refractivity contribution is 5.82. The molecule has 0 aromatic rings. The summed E-state index contributed by atoms with van der Waals surface area (Å²) in [5.74, 6) is -2.14. The fourth-order valence-corrected chi connectivity index (χ4v) is 1.07. The van der Waals surface area contributed by atoms with Crippen LogP contribution in [0, 0.1) is 0 Å². The van der Waals surface area contributed by atoms with E-state index in [1.165, 1.54) is 0 Å². The Morgan fingerprint density at radius 2 is 2.00 bits per heavy atom. The van der Waals surface area contributed by atoms with Crippen LogP contribution in [0.4, 0.5) is 13.2 Å². The Labute approximate surface area is 77.7 Å². The highest BCUT2D eigenvalue weighted by Gasteiger charge is 2.50. The summed E-state index contributed by atoms with van der Waals surface area (Å²) in [7, 11) is 0. The van der Waals surface area contributed by atoms with Crippen LogP contribution in [-0.4, -0.2) is 40.5 Å². The van der Waals surface area contributed by atoms with Crippen LogP contribution < -0.4 is 5.32 Å². The minimum Gasteiger partial charge on any atom is -0.394 e. The van der Waals surface area contributed by atoms with E-state index in [0.717, 1.165) is 0 Å². The van der Waals surface area contributed by atoms with Crippen LogP contribution in [0.1, 0.15) is 12.8 Å². The van der Waals surface area contributed by atoms with Crippen molar-refractivity contribution in [2.24, 2.45) is 0 Å². The van der Waals surface area contributed by atoms with E-state index in [0.29, 0.717) is 0 Å². The number of aliphatic hydroxyl groups is 2. The molecule has 14 heavy (non-hydrogen) atoms. The second kappa shape index (κ2) is 3.39. The van der Waals surface area contributed by atoms with Crippen LogP contribution in [0.25, 0.3) is 0 Å². The number of nitrogens with one attached hydrogen (secondary N) is 1. The van der Waals surface area contributed by atoms with Crippen LogP contribution in [0.15, 0.2) is 0 Å². The summed E-state index contributed by atoms with van der Waals surface area (Å²) in [5.41, 5.74) is -1.37. The topological polar surface area (TPSA) is 69.6 Å². The Morgan fingerprint density at radius 1 is 1.50 bits per heavy atom. The molecule has 1 unspecified atom stereocenters. The number of carbonyl (C=O) groups excluding carboxylic acids is 1. The van der Waals surface area contributed by atoms with Gasteiger partial charge in [-0.3, -0.25) is 4.79 Å². The second-order valence-corrected chi connectivity index (χ2v) is 3.31. The molecular weight excluding hydrogens is 203 g/mol. The van der Waals surface area contributed by atoms with Gasteiger partial charge in [-0.05, 0) is 12.8 Å². The molecule has 82 valence electrons. The standard InChI is InChI=1S/C7H10F3NO3/c8-7(9,10)5(13)11-4(3-12)6(14)1-2-6/h4,12,14H,1-3H2,(H,11,13). The quantitative estimate of drug-likeness (QED) is 0.594. The molecule has 3 N–H and O–H groups in total. The Morgan fingerprint density at radius 3 is 2.29 bits per heavy atom. The normalized spacial score (nSPS) is 21.5. The molecule has 1 aliphatic rings. The van der Waals surface area contributed by atoms with Crippen LogP contribution in [-0.2, 0) is 4.79 Å². The van der Waals surface area contributed by atoms with Gasteiger partial charge < -0.3 is 15.5 Å². The summed E-state index contributed by atoms with van der Waals surface area (Å²) in [6, 6.07) is -1.24. The van der Waals surface area contributed by atoms with E-state index >= 15 is 0 Å². The molecule has 1 amide bonds. The number of hydrogen-bond donors (Lipinski definition) is 3. The average molecular weight is 213 g/mol. The number of amides is 1. The molecule has 0 spiro atoms. The SMILES string of the molecule is O=C(NC(CO)C1(O)CC1)C(F)(F)F. The van der Waals surface area contributed by atoms with Gasteiger partial charge in [0, 0.05) is 0 Å². The van der Waals surface area contributed by atoms with Gasteiger partial charge in [0.1, 0.15) is 0 Å². The van der Waals surface area contributed by atoms with Crippen molar-refractivity contribution in [1.82, 2.24) is 5.32 Å². The lowest BCUT2D eigenvalue weighted by molar-refractivity contribution is -0.175. The van der Waals surface area contributed by atoms with E-state index in [2.05, 4.69) is 0 Å². The molecule has 1 atom stereocenters. The van der Waals surface area contributed by atoms with Gasteiger partial charge >= 0.3 is 12.1 Å². The first-order valence-electron chi connectivity index (χ1n) is 4.00. The minimum atomic E-state index is -4.99. The Hall–Kier alpha value is -0.820. The van der Waals surface area contributed by atoms with Crippen molar-refractivity contribution >= 4 is 5.91 Å². The molecule has 1 rings (SSSR count). The van der Waals surface area contributed by atoms with Gasteiger partial charge in [-0.25, -0.2) is 0 Å². The number of aliphatic hydroxyl groups excluding tert-OH is 1. The van der Waals surface area contributed by atoms with E-state index in [1.807, 2.05) is 0 Å². The predicted octanol–water partition coefficient (Wildman–Crippen LogP) is -0.449. The van der Waals surface area contributed by atoms with Gasteiger partial charge in [-0.15, -0.1) is 0 Å². The smallest absolute Gasteiger partial charge is 0.394 e. The number of carbonyl (C=O) groups is 1. The first-order valence-corrected chi connectivity index (χ1v) is 4.00. The van der Waals surface area contributed by atoms with Gasteiger partial charge in [-0.1, -0.05) is 0 Å². The maximum Gasteiger partial charge on any atom is 0.471 e. The molecule has 0 heterocycles. The van der Waals surface area contributed by atoms with Crippen molar-refractivity contribution in [1.29, 1.82) is 0 Å². The van der Waals surface area contributed by atoms with E-state index in [9.17, 15) is 23.1 Å². The summed E-state index contributed by atoms with van der Waals surface area (Å²) in [5, 5.41) is 19.6. The molecule has 7 heteroatoms. The molecule has 0 bridgehead atoms. The zero-order valence-electron chi connectivity index (χ0n) is 7.14. The van der Waals surface area contributed by atoms with Crippen LogP contribution >= 0.6 is 0 Å². The van der Waals surface area contributed by atoms with Gasteiger partial charge in [0.25, 0.3) is 0 Å². The first kappa shape index (κ1) is 11.3. The maximum atomic E-state index is 11.8. The van der Waals surface area contributed by atoms with Gasteiger partial charge in [-0.2, -0.15) is 13.2 Å². The number of alkyl halides is 3. The lowest BCUT2D eigenvalue weighted by Gasteiger charge is -2.21. The van der Waals surface area contributed by atoms with Crippen LogP contribution in [0.2, 0.25) is 0 Å².